The summed E-state index contributed by atoms with van der Waals surface area (Å²) in [7, 11) is 0. The molecular formula is C16H18FN3. The Balaban J connectivity index is 1.67. The van der Waals surface area contributed by atoms with Gasteiger partial charge in [0.25, 0.3) is 0 Å². The fourth-order valence-corrected chi connectivity index (χ4v) is 2.72. The normalized spacial score (nSPS) is 19.4. The zero-order valence-corrected chi connectivity index (χ0v) is 11.6. The Bertz CT molecular complexity index is 600. The van der Waals surface area contributed by atoms with Crippen LogP contribution in [0.5, 0.6) is 0 Å². The van der Waals surface area contributed by atoms with E-state index in [0.29, 0.717) is 12.5 Å². The van der Waals surface area contributed by atoms with Crippen LogP contribution in [0.25, 0.3) is 0 Å². The Morgan fingerprint density at radius 2 is 2.15 bits per heavy atom. The predicted molar refractivity (Wildman–Crippen MR) is 75.8 cm³/mol. The highest BCUT2D eigenvalue weighted by Gasteiger charge is 2.26. The van der Waals surface area contributed by atoms with Gasteiger partial charge in [-0.2, -0.15) is 0 Å². The highest BCUT2D eigenvalue weighted by molar-refractivity contribution is 5.17. The molecule has 104 valence electrons. The zero-order valence-electron chi connectivity index (χ0n) is 11.6. The minimum absolute atomic E-state index is 0.122. The summed E-state index contributed by atoms with van der Waals surface area (Å²) in [5.41, 5.74) is 1.76. The van der Waals surface area contributed by atoms with E-state index >= 15 is 0 Å². The van der Waals surface area contributed by atoms with Crippen molar-refractivity contribution in [2.45, 2.75) is 25.8 Å². The number of aromatic nitrogens is 2. The van der Waals surface area contributed by atoms with Gasteiger partial charge >= 0.3 is 0 Å². The van der Waals surface area contributed by atoms with Crippen molar-refractivity contribution in [3.05, 3.63) is 59.4 Å². The topological polar surface area (TPSA) is 29.0 Å². The molecular weight excluding hydrogens is 253 g/mol. The predicted octanol–water partition coefficient (Wildman–Crippen LogP) is 2.91. The second-order valence-corrected chi connectivity index (χ2v) is 5.37. The van der Waals surface area contributed by atoms with Gasteiger partial charge in [-0.3, -0.25) is 4.90 Å². The molecule has 1 aliphatic heterocycles. The fourth-order valence-electron chi connectivity index (χ4n) is 2.72. The van der Waals surface area contributed by atoms with E-state index in [4.69, 9.17) is 0 Å². The SMILES string of the molecule is Cc1ccnc([C@@H]2CCN(Cc3ccccc3F)C2)n1. The van der Waals surface area contributed by atoms with E-state index in [9.17, 15) is 4.39 Å². The van der Waals surface area contributed by atoms with Crippen LogP contribution in [-0.2, 0) is 6.54 Å². The number of halogens is 1. The highest BCUT2D eigenvalue weighted by Crippen LogP contribution is 2.26. The average Bonchev–Trinajstić information content (AvgIpc) is 2.90. The maximum absolute atomic E-state index is 13.7. The first-order valence-electron chi connectivity index (χ1n) is 6.97. The van der Waals surface area contributed by atoms with Gasteiger partial charge in [0.2, 0.25) is 0 Å². The van der Waals surface area contributed by atoms with Crippen LogP contribution in [-0.4, -0.2) is 28.0 Å². The molecule has 0 radical (unpaired) electrons. The summed E-state index contributed by atoms with van der Waals surface area (Å²) in [4.78, 5) is 11.1. The minimum atomic E-state index is -0.122. The minimum Gasteiger partial charge on any atom is -0.298 e. The lowest BCUT2D eigenvalue weighted by atomic mass is 10.1. The zero-order chi connectivity index (χ0) is 13.9. The fraction of sp³-hybridized carbons (Fsp3) is 0.375. The second-order valence-electron chi connectivity index (χ2n) is 5.37. The molecule has 2 aromatic rings. The van der Waals surface area contributed by atoms with E-state index in [2.05, 4.69) is 14.9 Å². The first-order valence-corrected chi connectivity index (χ1v) is 6.97. The summed E-state index contributed by atoms with van der Waals surface area (Å²) in [6, 6.07) is 8.90. The number of hydrogen-bond acceptors (Lipinski definition) is 3. The van der Waals surface area contributed by atoms with Crippen LogP contribution in [0.1, 0.15) is 29.4 Å². The molecule has 1 aromatic heterocycles. The molecule has 1 saturated heterocycles. The van der Waals surface area contributed by atoms with Crippen LogP contribution < -0.4 is 0 Å². The molecule has 20 heavy (non-hydrogen) atoms. The molecule has 2 heterocycles. The Hall–Kier alpha value is -1.81. The number of rotatable bonds is 3. The molecule has 0 unspecified atom stereocenters. The lowest BCUT2D eigenvalue weighted by Gasteiger charge is -2.16. The van der Waals surface area contributed by atoms with Gasteiger partial charge in [-0.25, -0.2) is 14.4 Å². The van der Waals surface area contributed by atoms with Gasteiger partial charge < -0.3 is 0 Å². The van der Waals surface area contributed by atoms with Gasteiger partial charge in [0, 0.05) is 36.5 Å². The van der Waals surface area contributed by atoms with Crippen molar-refractivity contribution in [3.8, 4) is 0 Å². The Kier molecular flexibility index (Phi) is 3.74. The van der Waals surface area contributed by atoms with Crippen molar-refractivity contribution in [2.24, 2.45) is 0 Å². The van der Waals surface area contributed by atoms with E-state index in [0.717, 1.165) is 36.6 Å². The van der Waals surface area contributed by atoms with Crippen LogP contribution in [0, 0.1) is 12.7 Å². The average molecular weight is 271 g/mol. The summed E-state index contributed by atoms with van der Waals surface area (Å²) in [5.74, 6) is 1.16. The molecule has 0 amide bonds. The molecule has 3 rings (SSSR count). The molecule has 3 nitrogen and oxygen atoms in total. The lowest BCUT2D eigenvalue weighted by Crippen LogP contribution is -2.20. The quantitative estimate of drug-likeness (QED) is 0.859. The Morgan fingerprint density at radius 3 is 2.95 bits per heavy atom. The summed E-state index contributed by atoms with van der Waals surface area (Å²) >= 11 is 0. The molecule has 1 aliphatic rings. The van der Waals surface area contributed by atoms with E-state index in [-0.39, 0.29) is 5.82 Å². The highest BCUT2D eigenvalue weighted by atomic mass is 19.1. The van der Waals surface area contributed by atoms with Gasteiger partial charge in [0.1, 0.15) is 11.6 Å². The van der Waals surface area contributed by atoms with E-state index in [1.54, 1.807) is 6.07 Å². The third kappa shape index (κ3) is 2.85. The molecule has 1 aromatic carbocycles. The molecule has 0 bridgehead atoms. The van der Waals surface area contributed by atoms with Crippen molar-refractivity contribution in [3.63, 3.8) is 0 Å². The van der Waals surface area contributed by atoms with Gasteiger partial charge in [-0.15, -0.1) is 0 Å². The van der Waals surface area contributed by atoms with Crippen LogP contribution in [0.2, 0.25) is 0 Å². The monoisotopic (exact) mass is 271 g/mol. The molecule has 1 atom stereocenters. The molecule has 0 spiro atoms. The Labute approximate surface area is 118 Å². The van der Waals surface area contributed by atoms with Crippen LogP contribution >= 0.6 is 0 Å². The van der Waals surface area contributed by atoms with E-state index in [1.807, 2.05) is 31.3 Å². The molecule has 0 saturated carbocycles. The third-order valence-corrected chi connectivity index (χ3v) is 3.80. The van der Waals surface area contributed by atoms with E-state index < -0.39 is 0 Å². The summed E-state index contributed by atoms with van der Waals surface area (Å²) in [6.45, 7) is 4.51. The van der Waals surface area contributed by atoms with Crippen LogP contribution in [0.15, 0.2) is 36.5 Å². The summed E-state index contributed by atoms with van der Waals surface area (Å²) in [6.07, 6.45) is 2.86. The number of nitrogens with zero attached hydrogens (tertiary/aromatic N) is 3. The number of likely N-dealkylation sites (tertiary alicyclic amines) is 1. The van der Waals surface area contributed by atoms with Crippen LogP contribution in [0.4, 0.5) is 4.39 Å². The Morgan fingerprint density at radius 1 is 1.30 bits per heavy atom. The number of benzene rings is 1. The lowest BCUT2D eigenvalue weighted by molar-refractivity contribution is 0.320. The molecule has 4 heteroatoms. The number of aryl methyl sites for hydroxylation is 1. The van der Waals surface area contributed by atoms with Gasteiger partial charge in [0.15, 0.2) is 0 Å². The smallest absolute Gasteiger partial charge is 0.132 e. The van der Waals surface area contributed by atoms with Crippen molar-refractivity contribution in [1.29, 1.82) is 0 Å². The second kappa shape index (κ2) is 5.67. The van der Waals surface area contributed by atoms with Crippen molar-refractivity contribution in [1.82, 2.24) is 14.9 Å². The van der Waals surface area contributed by atoms with E-state index in [1.165, 1.54) is 6.07 Å². The standard InChI is InChI=1S/C16H18FN3/c1-12-6-8-18-16(19-12)14-7-9-20(11-14)10-13-4-2-3-5-15(13)17/h2-6,8,14H,7,9-11H2,1H3/t14-/m1/s1. The molecule has 0 aliphatic carbocycles. The maximum atomic E-state index is 13.7. The van der Waals surface area contributed by atoms with Gasteiger partial charge in [0.05, 0.1) is 0 Å². The maximum Gasteiger partial charge on any atom is 0.132 e. The first kappa shape index (κ1) is 13.2. The number of hydrogen-bond donors (Lipinski definition) is 0. The summed E-state index contributed by atoms with van der Waals surface area (Å²) in [5, 5.41) is 0. The van der Waals surface area contributed by atoms with Crippen molar-refractivity contribution < 1.29 is 4.39 Å². The molecule has 0 N–H and O–H groups in total. The van der Waals surface area contributed by atoms with Crippen molar-refractivity contribution >= 4 is 0 Å². The van der Waals surface area contributed by atoms with Crippen LogP contribution in [0.3, 0.4) is 0 Å². The summed E-state index contributed by atoms with van der Waals surface area (Å²) < 4.78 is 13.7. The largest absolute Gasteiger partial charge is 0.298 e. The molecule has 1 fully saturated rings. The van der Waals surface area contributed by atoms with Gasteiger partial charge in [-0.05, 0) is 32.0 Å². The third-order valence-electron chi connectivity index (χ3n) is 3.80. The first-order chi connectivity index (χ1) is 9.72. The van der Waals surface area contributed by atoms with Gasteiger partial charge in [-0.1, -0.05) is 18.2 Å². The van der Waals surface area contributed by atoms with Crippen molar-refractivity contribution in [2.75, 3.05) is 13.1 Å².